The second kappa shape index (κ2) is 5.04. The van der Waals surface area contributed by atoms with Gasteiger partial charge in [-0.3, -0.25) is 0 Å². The number of para-hydroxylation sites is 1. The highest BCUT2D eigenvalue weighted by Gasteiger charge is 2.42. The van der Waals surface area contributed by atoms with E-state index >= 15 is 0 Å². The Hall–Kier alpha value is -1.10. The fourth-order valence-electron chi connectivity index (χ4n) is 1.94. The lowest BCUT2D eigenvalue weighted by molar-refractivity contribution is 0.115. The van der Waals surface area contributed by atoms with Gasteiger partial charge in [-0.2, -0.15) is 0 Å². The molecule has 0 saturated heterocycles. The molecule has 1 atom stereocenters. The van der Waals surface area contributed by atoms with Crippen LogP contribution in [-0.2, 0) is 6.61 Å². The summed E-state index contributed by atoms with van der Waals surface area (Å²) >= 11 is 0. The van der Waals surface area contributed by atoms with Crippen LogP contribution in [0.25, 0.3) is 0 Å². The van der Waals surface area contributed by atoms with E-state index in [1.54, 1.807) is 6.07 Å². The van der Waals surface area contributed by atoms with E-state index in [-0.39, 0.29) is 19.8 Å². The Morgan fingerprint density at radius 3 is 2.59 bits per heavy atom. The van der Waals surface area contributed by atoms with Gasteiger partial charge < -0.3 is 20.7 Å². The molecule has 4 nitrogen and oxygen atoms in total. The maximum absolute atomic E-state index is 9.35. The van der Waals surface area contributed by atoms with Crippen LogP contribution in [0.2, 0.25) is 0 Å². The SMILES string of the molecule is NC(CO)(COc1ccccc1CO)C1CC1. The molecule has 1 fully saturated rings. The average Bonchev–Trinajstić information content (AvgIpc) is 3.21. The minimum atomic E-state index is -0.650. The van der Waals surface area contributed by atoms with Crippen molar-refractivity contribution in [3.8, 4) is 5.75 Å². The molecular weight excluding hydrogens is 218 g/mol. The van der Waals surface area contributed by atoms with Crippen LogP contribution in [0.4, 0.5) is 0 Å². The summed E-state index contributed by atoms with van der Waals surface area (Å²) in [6, 6.07) is 7.31. The normalized spacial score (nSPS) is 18.8. The summed E-state index contributed by atoms with van der Waals surface area (Å²) in [5.41, 5.74) is 6.19. The molecule has 0 aliphatic heterocycles. The van der Waals surface area contributed by atoms with E-state index in [1.165, 1.54) is 0 Å². The lowest BCUT2D eigenvalue weighted by Crippen LogP contribution is -2.51. The molecule has 1 aliphatic carbocycles. The molecule has 0 heterocycles. The fourth-order valence-corrected chi connectivity index (χ4v) is 1.94. The molecule has 0 bridgehead atoms. The molecule has 0 spiro atoms. The third kappa shape index (κ3) is 2.77. The zero-order chi connectivity index (χ0) is 12.3. The molecule has 1 aromatic carbocycles. The number of nitrogens with two attached hydrogens (primary N) is 1. The Kier molecular flexibility index (Phi) is 3.66. The maximum atomic E-state index is 9.35. The van der Waals surface area contributed by atoms with Crippen LogP contribution in [0.3, 0.4) is 0 Å². The molecule has 0 radical (unpaired) electrons. The molecule has 94 valence electrons. The first kappa shape index (κ1) is 12.4. The van der Waals surface area contributed by atoms with Gasteiger partial charge in [0.1, 0.15) is 12.4 Å². The molecule has 0 amide bonds. The predicted octanol–water partition coefficient (Wildman–Crippen LogP) is 0.657. The summed E-state index contributed by atoms with van der Waals surface area (Å²) in [5, 5.41) is 18.5. The van der Waals surface area contributed by atoms with Crippen LogP contribution in [-0.4, -0.2) is 29.0 Å². The number of rotatable bonds is 6. The molecule has 4 heteroatoms. The molecule has 1 unspecified atom stereocenters. The zero-order valence-corrected chi connectivity index (χ0v) is 9.80. The van der Waals surface area contributed by atoms with Gasteiger partial charge in [-0.15, -0.1) is 0 Å². The lowest BCUT2D eigenvalue weighted by Gasteiger charge is -2.27. The van der Waals surface area contributed by atoms with Crippen molar-refractivity contribution in [2.24, 2.45) is 11.7 Å². The molecule has 1 saturated carbocycles. The van der Waals surface area contributed by atoms with Crippen molar-refractivity contribution < 1.29 is 14.9 Å². The van der Waals surface area contributed by atoms with E-state index in [9.17, 15) is 5.11 Å². The van der Waals surface area contributed by atoms with Gasteiger partial charge in [0.15, 0.2) is 0 Å². The number of hydrogen-bond acceptors (Lipinski definition) is 4. The first-order valence-electron chi connectivity index (χ1n) is 5.91. The van der Waals surface area contributed by atoms with Gasteiger partial charge in [-0.25, -0.2) is 0 Å². The van der Waals surface area contributed by atoms with E-state index in [4.69, 9.17) is 15.6 Å². The third-order valence-corrected chi connectivity index (χ3v) is 3.32. The van der Waals surface area contributed by atoms with Crippen LogP contribution >= 0.6 is 0 Å². The van der Waals surface area contributed by atoms with Crippen LogP contribution < -0.4 is 10.5 Å². The second-order valence-corrected chi connectivity index (χ2v) is 4.72. The van der Waals surface area contributed by atoms with Gasteiger partial charge in [-0.1, -0.05) is 18.2 Å². The second-order valence-electron chi connectivity index (χ2n) is 4.72. The van der Waals surface area contributed by atoms with E-state index < -0.39 is 5.54 Å². The van der Waals surface area contributed by atoms with E-state index in [2.05, 4.69) is 0 Å². The number of ether oxygens (including phenoxy) is 1. The number of aliphatic hydroxyl groups excluding tert-OH is 2. The molecule has 2 rings (SSSR count). The van der Waals surface area contributed by atoms with Crippen LogP contribution in [0.5, 0.6) is 5.75 Å². The van der Waals surface area contributed by atoms with E-state index in [0.29, 0.717) is 11.7 Å². The van der Waals surface area contributed by atoms with Crippen molar-refractivity contribution in [1.29, 1.82) is 0 Å². The monoisotopic (exact) mass is 237 g/mol. The fraction of sp³-hybridized carbons (Fsp3) is 0.538. The summed E-state index contributed by atoms with van der Waals surface area (Å²) in [5.74, 6) is 0.993. The summed E-state index contributed by atoms with van der Waals surface area (Å²) < 4.78 is 5.64. The first-order chi connectivity index (χ1) is 8.19. The standard InChI is InChI=1S/C13H19NO3/c14-13(8-16,11-5-6-11)9-17-12-4-2-1-3-10(12)7-15/h1-4,11,15-16H,5-9,14H2. The smallest absolute Gasteiger partial charge is 0.124 e. The summed E-state index contributed by atoms with van der Waals surface area (Å²) in [4.78, 5) is 0. The van der Waals surface area contributed by atoms with Crippen molar-refractivity contribution in [3.05, 3.63) is 29.8 Å². The van der Waals surface area contributed by atoms with E-state index in [0.717, 1.165) is 18.4 Å². The Balaban J connectivity index is 2.01. The molecule has 1 aliphatic rings. The van der Waals surface area contributed by atoms with Gasteiger partial charge in [-0.05, 0) is 24.8 Å². The van der Waals surface area contributed by atoms with Crippen molar-refractivity contribution in [2.75, 3.05) is 13.2 Å². The highest BCUT2D eigenvalue weighted by atomic mass is 16.5. The number of benzene rings is 1. The van der Waals surface area contributed by atoms with Crippen molar-refractivity contribution >= 4 is 0 Å². The third-order valence-electron chi connectivity index (χ3n) is 3.32. The highest BCUT2D eigenvalue weighted by Crippen LogP contribution is 2.38. The van der Waals surface area contributed by atoms with Gasteiger partial charge in [0.2, 0.25) is 0 Å². The highest BCUT2D eigenvalue weighted by molar-refractivity contribution is 5.32. The summed E-state index contributed by atoms with van der Waals surface area (Å²) in [6.07, 6.45) is 2.12. The van der Waals surface area contributed by atoms with Gasteiger partial charge >= 0.3 is 0 Å². The maximum Gasteiger partial charge on any atom is 0.124 e. The van der Waals surface area contributed by atoms with Crippen LogP contribution in [0, 0.1) is 5.92 Å². The largest absolute Gasteiger partial charge is 0.491 e. The Morgan fingerprint density at radius 1 is 1.29 bits per heavy atom. The van der Waals surface area contributed by atoms with Crippen molar-refractivity contribution in [1.82, 2.24) is 0 Å². The summed E-state index contributed by atoms with van der Waals surface area (Å²) in [6.45, 7) is 0.153. The van der Waals surface area contributed by atoms with E-state index in [1.807, 2.05) is 18.2 Å². The molecule has 4 N–H and O–H groups in total. The van der Waals surface area contributed by atoms with Crippen molar-refractivity contribution in [2.45, 2.75) is 25.0 Å². The lowest BCUT2D eigenvalue weighted by atomic mass is 9.97. The van der Waals surface area contributed by atoms with Gasteiger partial charge in [0.05, 0.1) is 18.8 Å². The van der Waals surface area contributed by atoms with Crippen molar-refractivity contribution in [3.63, 3.8) is 0 Å². The predicted molar refractivity (Wildman–Crippen MR) is 64.6 cm³/mol. The molecule has 17 heavy (non-hydrogen) atoms. The Bertz CT molecular complexity index is 379. The minimum Gasteiger partial charge on any atom is -0.491 e. The Morgan fingerprint density at radius 2 is 2.00 bits per heavy atom. The van der Waals surface area contributed by atoms with Crippen LogP contribution in [0.15, 0.2) is 24.3 Å². The number of aliphatic hydroxyl groups is 2. The van der Waals surface area contributed by atoms with Gasteiger partial charge in [0.25, 0.3) is 0 Å². The quantitative estimate of drug-likeness (QED) is 0.679. The van der Waals surface area contributed by atoms with Crippen LogP contribution in [0.1, 0.15) is 18.4 Å². The van der Waals surface area contributed by atoms with Gasteiger partial charge in [0, 0.05) is 5.56 Å². The zero-order valence-electron chi connectivity index (χ0n) is 9.80. The Labute approximate surface area is 101 Å². The first-order valence-corrected chi connectivity index (χ1v) is 5.91. The molecule has 0 aromatic heterocycles. The average molecular weight is 237 g/mol. The molecule has 1 aromatic rings. The summed E-state index contributed by atoms with van der Waals surface area (Å²) in [7, 11) is 0. The molecular formula is C13H19NO3. The number of hydrogen-bond donors (Lipinski definition) is 3. The topological polar surface area (TPSA) is 75.7 Å². The minimum absolute atomic E-state index is 0.0592.